The number of halogens is 1. The molecule has 0 bridgehead atoms. The van der Waals surface area contributed by atoms with Crippen molar-refractivity contribution < 1.29 is 9.18 Å². The number of nitrogens with two attached hydrogens (primary N) is 2. The Hall–Kier alpha value is -1.46. The minimum Gasteiger partial charge on any atom is -0.320 e. The number of benzene rings is 1. The number of hydrogen-bond donors (Lipinski definition) is 3. The summed E-state index contributed by atoms with van der Waals surface area (Å²) in [5, 5.41) is 0. The molecular weight excluding hydrogens is 185 g/mol. The van der Waals surface area contributed by atoms with Crippen molar-refractivity contribution in [3.05, 3.63) is 35.6 Å². The van der Waals surface area contributed by atoms with Crippen LogP contribution < -0.4 is 17.0 Å². The Morgan fingerprint density at radius 3 is 2.71 bits per heavy atom. The Morgan fingerprint density at radius 1 is 1.50 bits per heavy atom. The fourth-order valence-corrected chi connectivity index (χ4v) is 1.10. The molecule has 4 nitrogen and oxygen atoms in total. The van der Waals surface area contributed by atoms with E-state index in [9.17, 15) is 9.18 Å². The van der Waals surface area contributed by atoms with Gasteiger partial charge in [-0.05, 0) is 18.1 Å². The Bertz CT molecular complexity index is 330. The molecule has 0 aromatic heterocycles. The van der Waals surface area contributed by atoms with Crippen LogP contribution in [0.4, 0.5) is 4.39 Å². The first-order valence-corrected chi connectivity index (χ1v) is 4.14. The second-order valence-corrected chi connectivity index (χ2v) is 2.91. The summed E-state index contributed by atoms with van der Waals surface area (Å²) in [7, 11) is 0. The SMILES string of the molecule is NNC(=O)C(N)Cc1ccccc1F. The molecule has 1 rings (SSSR count). The molecule has 0 radical (unpaired) electrons. The van der Waals surface area contributed by atoms with Gasteiger partial charge in [0.05, 0.1) is 6.04 Å². The van der Waals surface area contributed by atoms with E-state index >= 15 is 0 Å². The van der Waals surface area contributed by atoms with Crippen LogP contribution in [0.2, 0.25) is 0 Å². The smallest absolute Gasteiger partial charge is 0.251 e. The summed E-state index contributed by atoms with van der Waals surface area (Å²) in [6, 6.07) is 5.34. The van der Waals surface area contributed by atoms with E-state index in [0.717, 1.165) is 0 Å². The fourth-order valence-electron chi connectivity index (χ4n) is 1.10. The van der Waals surface area contributed by atoms with Crippen molar-refractivity contribution in [3.8, 4) is 0 Å². The molecule has 1 amide bonds. The number of amides is 1. The molecule has 0 aliphatic carbocycles. The average Bonchev–Trinajstić information content (AvgIpc) is 2.20. The first-order valence-electron chi connectivity index (χ1n) is 4.14. The number of rotatable bonds is 3. The van der Waals surface area contributed by atoms with Gasteiger partial charge in [-0.2, -0.15) is 0 Å². The molecule has 0 spiro atoms. The van der Waals surface area contributed by atoms with Crippen LogP contribution in [0, 0.1) is 5.82 Å². The standard InChI is InChI=1S/C9H12FN3O/c10-7-4-2-1-3-6(7)5-8(11)9(14)13-12/h1-4,8H,5,11-12H2,(H,13,14). The molecule has 0 saturated heterocycles. The van der Waals surface area contributed by atoms with E-state index < -0.39 is 11.9 Å². The van der Waals surface area contributed by atoms with E-state index in [2.05, 4.69) is 0 Å². The van der Waals surface area contributed by atoms with Crippen LogP contribution in [0.5, 0.6) is 0 Å². The van der Waals surface area contributed by atoms with Crippen LogP contribution in [0.3, 0.4) is 0 Å². The van der Waals surface area contributed by atoms with Gasteiger partial charge in [-0.15, -0.1) is 0 Å². The fraction of sp³-hybridized carbons (Fsp3) is 0.222. The van der Waals surface area contributed by atoms with Crippen molar-refractivity contribution >= 4 is 5.91 Å². The second-order valence-electron chi connectivity index (χ2n) is 2.91. The third-order valence-corrected chi connectivity index (χ3v) is 1.88. The lowest BCUT2D eigenvalue weighted by molar-refractivity contribution is -0.122. The molecule has 1 unspecified atom stereocenters. The molecule has 0 saturated carbocycles. The van der Waals surface area contributed by atoms with Gasteiger partial charge >= 0.3 is 0 Å². The molecule has 0 heterocycles. The summed E-state index contributed by atoms with van der Waals surface area (Å²) in [5.41, 5.74) is 7.79. The Balaban J connectivity index is 2.69. The van der Waals surface area contributed by atoms with E-state index in [0.29, 0.717) is 5.56 Å². The molecular formula is C9H12FN3O. The molecule has 76 valence electrons. The summed E-state index contributed by atoms with van der Waals surface area (Å²) in [6.07, 6.45) is 0.135. The summed E-state index contributed by atoms with van der Waals surface area (Å²) in [6.45, 7) is 0. The van der Waals surface area contributed by atoms with Crippen molar-refractivity contribution in [2.24, 2.45) is 11.6 Å². The number of carbonyl (C=O) groups is 1. The van der Waals surface area contributed by atoms with Crippen LogP contribution in [0.25, 0.3) is 0 Å². The third kappa shape index (κ3) is 2.51. The minimum atomic E-state index is -0.822. The molecule has 5 N–H and O–H groups in total. The van der Waals surface area contributed by atoms with Crippen LogP contribution in [-0.2, 0) is 11.2 Å². The lowest BCUT2D eigenvalue weighted by Crippen LogP contribution is -2.45. The maximum atomic E-state index is 13.1. The summed E-state index contributed by atoms with van der Waals surface area (Å²) in [5.74, 6) is 4.02. The lowest BCUT2D eigenvalue weighted by Gasteiger charge is -2.09. The van der Waals surface area contributed by atoms with Gasteiger partial charge in [0.1, 0.15) is 5.82 Å². The normalized spacial score (nSPS) is 12.2. The Morgan fingerprint density at radius 2 is 2.14 bits per heavy atom. The predicted octanol–water partition coefficient (Wildman–Crippen LogP) is -0.315. The first-order chi connectivity index (χ1) is 6.65. The highest BCUT2D eigenvalue weighted by Gasteiger charge is 2.14. The largest absolute Gasteiger partial charge is 0.320 e. The van der Waals surface area contributed by atoms with Gasteiger partial charge < -0.3 is 5.73 Å². The van der Waals surface area contributed by atoms with Gasteiger partial charge in [-0.1, -0.05) is 18.2 Å². The second kappa shape index (κ2) is 4.69. The highest BCUT2D eigenvalue weighted by molar-refractivity contribution is 5.81. The maximum Gasteiger partial charge on any atom is 0.251 e. The van der Waals surface area contributed by atoms with Crippen molar-refractivity contribution in [1.82, 2.24) is 5.43 Å². The van der Waals surface area contributed by atoms with Crippen LogP contribution in [-0.4, -0.2) is 11.9 Å². The monoisotopic (exact) mass is 197 g/mol. The van der Waals surface area contributed by atoms with Gasteiger partial charge in [0.2, 0.25) is 0 Å². The third-order valence-electron chi connectivity index (χ3n) is 1.88. The van der Waals surface area contributed by atoms with Crippen molar-refractivity contribution in [3.63, 3.8) is 0 Å². The lowest BCUT2D eigenvalue weighted by atomic mass is 10.1. The molecule has 1 aromatic carbocycles. The first kappa shape index (κ1) is 10.6. The highest BCUT2D eigenvalue weighted by Crippen LogP contribution is 2.08. The van der Waals surface area contributed by atoms with E-state index in [1.807, 2.05) is 5.43 Å². The van der Waals surface area contributed by atoms with Crippen LogP contribution >= 0.6 is 0 Å². The molecule has 0 aliphatic rings. The van der Waals surface area contributed by atoms with Crippen molar-refractivity contribution in [2.75, 3.05) is 0 Å². The minimum absolute atomic E-state index is 0.135. The van der Waals surface area contributed by atoms with Crippen molar-refractivity contribution in [2.45, 2.75) is 12.5 Å². The van der Waals surface area contributed by atoms with E-state index in [4.69, 9.17) is 11.6 Å². The van der Waals surface area contributed by atoms with E-state index in [1.165, 1.54) is 6.07 Å². The molecule has 1 atom stereocenters. The van der Waals surface area contributed by atoms with Gasteiger partial charge in [-0.25, -0.2) is 10.2 Å². The summed E-state index contributed by atoms with van der Waals surface area (Å²) >= 11 is 0. The molecule has 1 aromatic rings. The summed E-state index contributed by atoms with van der Waals surface area (Å²) < 4.78 is 13.1. The predicted molar refractivity (Wildman–Crippen MR) is 50.4 cm³/mol. The Labute approximate surface area is 81.1 Å². The Kier molecular flexibility index (Phi) is 3.55. The zero-order chi connectivity index (χ0) is 10.6. The molecule has 14 heavy (non-hydrogen) atoms. The van der Waals surface area contributed by atoms with Gasteiger partial charge in [0, 0.05) is 0 Å². The molecule has 0 aliphatic heterocycles. The quantitative estimate of drug-likeness (QED) is 0.353. The average molecular weight is 197 g/mol. The number of carbonyl (C=O) groups excluding carboxylic acids is 1. The molecule has 0 fully saturated rings. The van der Waals surface area contributed by atoms with Gasteiger partial charge in [-0.3, -0.25) is 10.2 Å². The van der Waals surface area contributed by atoms with Crippen molar-refractivity contribution in [1.29, 1.82) is 0 Å². The van der Waals surface area contributed by atoms with Gasteiger partial charge in [0.15, 0.2) is 0 Å². The number of hydrogen-bond acceptors (Lipinski definition) is 3. The topological polar surface area (TPSA) is 81.1 Å². The van der Waals surface area contributed by atoms with Crippen LogP contribution in [0.1, 0.15) is 5.56 Å². The zero-order valence-corrected chi connectivity index (χ0v) is 7.53. The number of nitrogens with one attached hydrogen (secondary N) is 1. The zero-order valence-electron chi connectivity index (χ0n) is 7.53. The molecule has 5 heteroatoms. The van der Waals surface area contributed by atoms with Gasteiger partial charge in [0.25, 0.3) is 5.91 Å². The maximum absolute atomic E-state index is 13.1. The van der Waals surface area contributed by atoms with E-state index in [-0.39, 0.29) is 12.2 Å². The summed E-state index contributed by atoms with van der Waals surface area (Å²) in [4.78, 5) is 10.9. The van der Waals surface area contributed by atoms with E-state index in [1.54, 1.807) is 18.2 Å². The highest BCUT2D eigenvalue weighted by atomic mass is 19.1. The van der Waals surface area contributed by atoms with Crippen LogP contribution in [0.15, 0.2) is 24.3 Å². The number of hydrazine groups is 1.